The number of aliphatic hydroxyl groups is 1. The zero-order valence-corrected chi connectivity index (χ0v) is 13.3. The molecule has 3 saturated carbocycles. The molecule has 0 radical (unpaired) electrons. The first-order valence-corrected chi connectivity index (χ1v) is 8.47. The van der Waals surface area contributed by atoms with Gasteiger partial charge in [0, 0.05) is 0 Å². The number of nitriles is 1. The van der Waals surface area contributed by atoms with Gasteiger partial charge in [-0.15, -0.1) is 0 Å². The predicted molar refractivity (Wildman–Crippen MR) is 79.9 cm³/mol. The molecule has 112 valence electrons. The Bertz CT molecular complexity index is 432. The monoisotopic (exact) mass is 275 g/mol. The van der Waals surface area contributed by atoms with Gasteiger partial charge < -0.3 is 5.11 Å². The molecule has 2 heteroatoms. The molecule has 2 nitrogen and oxygen atoms in total. The Hall–Kier alpha value is -0.550. The van der Waals surface area contributed by atoms with E-state index in [0.29, 0.717) is 11.8 Å². The highest BCUT2D eigenvalue weighted by atomic mass is 16.3. The molecule has 20 heavy (non-hydrogen) atoms. The standard InChI is InChI=1S/C18H29NO/c1-16(2,3)15-6-4-5-9-18(15,20)17(12-19)11-13-7-8-14(17)10-13/h13-15,20H,4-11H2,1-3H3. The summed E-state index contributed by atoms with van der Waals surface area (Å²) in [4.78, 5) is 0. The molecule has 0 amide bonds. The molecule has 5 atom stereocenters. The van der Waals surface area contributed by atoms with Gasteiger partial charge in [-0.3, -0.25) is 0 Å². The van der Waals surface area contributed by atoms with Gasteiger partial charge in [0.2, 0.25) is 0 Å². The lowest BCUT2D eigenvalue weighted by Crippen LogP contribution is -2.59. The minimum atomic E-state index is -0.752. The predicted octanol–water partition coefficient (Wildman–Crippen LogP) is 4.28. The molecule has 0 aromatic heterocycles. The third kappa shape index (κ3) is 1.78. The topological polar surface area (TPSA) is 44.0 Å². The summed E-state index contributed by atoms with van der Waals surface area (Å²) in [5.74, 6) is 1.42. The van der Waals surface area contributed by atoms with Gasteiger partial charge in [0.15, 0.2) is 0 Å². The average Bonchev–Trinajstić information content (AvgIpc) is 2.98. The van der Waals surface area contributed by atoms with Crippen LogP contribution >= 0.6 is 0 Å². The molecular formula is C18H29NO. The van der Waals surface area contributed by atoms with Gasteiger partial charge in [0.1, 0.15) is 0 Å². The Morgan fingerprint density at radius 1 is 1.15 bits per heavy atom. The first kappa shape index (κ1) is 14.4. The van der Waals surface area contributed by atoms with Crippen molar-refractivity contribution in [3.8, 4) is 6.07 Å². The average molecular weight is 275 g/mol. The van der Waals surface area contributed by atoms with Gasteiger partial charge >= 0.3 is 0 Å². The zero-order chi connectivity index (χ0) is 14.6. The summed E-state index contributed by atoms with van der Waals surface area (Å²) in [5.41, 5.74) is -1.12. The van der Waals surface area contributed by atoms with Gasteiger partial charge in [0.05, 0.1) is 17.1 Å². The van der Waals surface area contributed by atoms with Crippen molar-refractivity contribution in [1.82, 2.24) is 0 Å². The Balaban J connectivity index is 2.02. The molecule has 5 unspecified atom stereocenters. The summed E-state index contributed by atoms with van der Waals surface area (Å²) in [6.07, 6.45) is 8.81. The van der Waals surface area contributed by atoms with E-state index in [9.17, 15) is 10.4 Å². The van der Waals surface area contributed by atoms with Gasteiger partial charge in [-0.2, -0.15) is 5.26 Å². The van der Waals surface area contributed by atoms with Crippen molar-refractivity contribution in [1.29, 1.82) is 5.26 Å². The molecule has 3 fully saturated rings. The van der Waals surface area contributed by atoms with Crippen molar-refractivity contribution in [2.75, 3.05) is 0 Å². The van der Waals surface area contributed by atoms with Crippen LogP contribution in [0.25, 0.3) is 0 Å². The fraction of sp³-hybridized carbons (Fsp3) is 0.944. The van der Waals surface area contributed by atoms with E-state index in [-0.39, 0.29) is 11.3 Å². The highest BCUT2D eigenvalue weighted by Crippen LogP contribution is 2.65. The third-order valence-electron chi connectivity index (χ3n) is 6.74. The van der Waals surface area contributed by atoms with Crippen LogP contribution < -0.4 is 0 Å². The number of fused-ring (bicyclic) bond motifs is 2. The molecule has 0 spiro atoms. The lowest BCUT2D eigenvalue weighted by Gasteiger charge is -2.55. The summed E-state index contributed by atoms with van der Waals surface area (Å²) in [7, 11) is 0. The fourth-order valence-electron chi connectivity index (χ4n) is 5.93. The Morgan fingerprint density at radius 3 is 2.40 bits per heavy atom. The largest absolute Gasteiger partial charge is 0.388 e. The van der Waals surface area contributed by atoms with E-state index in [2.05, 4.69) is 26.8 Å². The molecule has 0 heterocycles. The first-order valence-electron chi connectivity index (χ1n) is 8.47. The lowest BCUT2D eigenvalue weighted by atomic mass is 9.51. The number of hydrogen-bond acceptors (Lipinski definition) is 2. The minimum absolute atomic E-state index is 0.0842. The molecule has 2 bridgehead atoms. The minimum Gasteiger partial charge on any atom is -0.388 e. The maximum atomic E-state index is 11.7. The fourth-order valence-corrected chi connectivity index (χ4v) is 5.93. The second kappa shape index (κ2) is 4.47. The van der Waals surface area contributed by atoms with Crippen molar-refractivity contribution in [3.63, 3.8) is 0 Å². The van der Waals surface area contributed by atoms with E-state index in [4.69, 9.17) is 0 Å². The molecule has 0 aromatic rings. The second-order valence-corrected chi connectivity index (χ2v) is 8.75. The van der Waals surface area contributed by atoms with Crippen LogP contribution in [0.15, 0.2) is 0 Å². The van der Waals surface area contributed by atoms with E-state index < -0.39 is 11.0 Å². The summed E-state index contributed by atoms with van der Waals surface area (Å²) < 4.78 is 0. The second-order valence-electron chi connectivity index (χ2n) is 8.75. The zero-order valence-electron chi connectivity index (χ0n) is 13.3. The lowest BCUT2D eigenvalue weighted by molar-refractivity contribution is -0.170. The number of hydrogen-bond donors (Lipinski definition) is 1. The van der Waals surface area contributed by atoms with Crippen molar-refractivity contribution in [2.24, 2.45) is 28.6 Å². The summed E-state index contributed by atoms with van der Waals surface area (Å²) in [5, 5.41) is 21.7. The first-order chi connectivity index (χ1) is 9.33. The molecule has 3 aliphatic rings. The summed E-state index contributed by atoms with van der Waals surface area (Å²) >= 11 is 0. The molecule has 0 aromatic carbocycles. The molecule has 1 N–H and O–H groups in total. The van der Waals surface area contributed by atoms with E-state index in [1.54, 1.807) is 0 Å². The van der Waals surface area contributed by atoms with Gasteiger partial charge in [0.25, 0.3) is 0 Å². The molecule has 0 saturated heterocycles. The van der Waals surface area contributed by atoms with Crippen LogP contribution in [0.2, 0.25) is 0 Å². The SMILES string of the molecule is CC(C)(C)C1CCCCC1(O)C1(C#N)CC2CCC1C2. The van der Waals surface area contributed by atoms with Crippen LogP contribution in [0.4, 0.5) is 0 Å². The maximum Gasteiger partial charge on any atom is 0.0893 e. The Labute approximate surface area is 123 Å². The quantitative estimate of drug-likeness (QED) is 0.776. The molecule has 3 rings (SSSR count). The summed E-state index contributed by atoms with van der Waals surface area (Å²) in [6.45, 7) is 6.73. The van der Waals surface area contributed by atoms with E-state index in [1.165, 1.54) is 19.3 Å². The van der Waals surface area contributed by atoms with E-state index in [1.807, 2.05) is 0 Å². The summed E-state index contributed by atoms with van der Waals surface area (Å²) in [6, 6.07) is 2.67. The van der Waals surface area contributed by atoms with Gasteiger partial charge in [-0.05, 0) is 55.3 Å². The normalized spacial score (nSPS) is 48.2. The third-order valence-corrected chi connectivity index (χ3v) is 6.74. The van der Waals surface area contributed by atoms with Crippen molar-refractivity contribution in [3.05, 3.63) is 0 Å². The van der Waals surface area contributed by atoms with Crippen LogP contribution in [-0.4, -0.2) is 10.7 Å². The van der Waals surface area contributed by atoms with Crippen molar-refractivity contribution >= 4 is 0 Å². The Morgan fingerprint density at radius 2 is 1.90 bits per heavy atom. The van der Waals surface area contributed by atoms with Crippen LogP contribution in [0, 0.1) is 39.9 Å². The maximum absolute atomic E-state index is 11.7. The highest BCUT2D eigenvalue weighted by molar-refractivity contribution is 5.23. The number of rotatable bonds is 1. The van der Waals surface area contributed by atoms with Crippen LogP contribution in [0.1, 0.15) is 72.1 Å². The molecular weight excluding hydrogens is 246 g/mol. The van der Waals surface area contributed by atoms with Crippen LogP contribution in [-0.2, 0) is 0 Å². The van der Waals surface area contributed by atoms with Crippen LogP contribution in [0.5, 0.6) is 0 Å². The van der Waals surface area contributed by atoms with E-state index >= 15 is 0 Å². The van der Waals surface area contributed by atoms with E-state index in [0.717, 1.165) is 32.1 Å². The van der Waals surface area contributed by atoms with Gasteiger partial charge in [-0.25, -0.2) is 0 Å². The smallest absolute Gasteiger partial charge is 0.0893 e. The molecule has 0 aliphatic heterocycles. The highest BCUT2D eigenvalue weighted by Gasteiger charge is 2.65. The van der Waals surface area contributed by atoms with Crippen molar-refractivity contribution in [2.45, 2.75) is 77.7 Å². The molecule has 3 aliphatic carbocycles. The van der Waals surface area contributed by atoms with Crippen LogP contribution in [0.3, 0.4) is 0 Å². The van der Waals surface area contributed by atoms with Crippen molar-refractivity contribution < 1.29 is 5.11 Å². The Kier molecular flexibility index (Phi) is 3.22. The van der Waals surface area contributed by atoms with Gasteiger partial charge in [-0.1, -0.05) is 40.0 Å². The number of nitrogens with zero attached hydrogens (tertiary/aromatic N) is 1.